The van der Waals surface area contributed by atoms with Crippen molar-refractivity contribution in [2.24, 2.45) is 0 Å². The number of rotatable bonds is 5. The summed E-state index contributed by atoms with van der Waals surface area (Å²) in [4.78, 5) is 21.7. The number of aromatic hydroxyl groups is 2. The molecule has 2 heterocycles. The third-order valence-electron chi connectivity index (χ3n) is 4.66. The number of carbonyl (C=O) groups excluding carboxylic acids is 1. The number of benzene rings is 2. The molecule has 1 amide bonds. The molecule has 0 spiro atoms. The zero-order chi connectivity index (χ0) is 20.2. The van der Waals surface area contributed by atoms with Gasteiger partial charge in [-0.2, -0.15) is 0 Å². The summed E-state index contributed by atoms with van der Waals surface area (Å²) < 4.78 is 0. The molecule has 4 rings (SSSR count). The van der Waals surface area contributed by atoms with Gasteiger partial charge in [0, 0.05) is 29.9 Å². The van der Waals surface area contributed by atoms with E-state index < -0.39 is 0 Å². The molecule has 29 heavy (non-hydrogen) atoms. The quantitative estimate of drug-likeness (QED) is 0.456. The predicted octanol–water partition coefficient (Wildman–Crippen LogP) is 3.68. The van der Waals surface area contributed by atoms with Crippen LogP contribution in [-0.2, 0) is 6.42 Å². The number of hydrogen-bond donors (Lipinski definition) is 3. The fourth-order valence-electron chi connectivity index (χ4n) is 3.17. The lowest BCUT2D eigenvalue weighted by Crippen LogP contribution is -2.26. The lowest BCUT2D eigenvalue weighted by Gasteiger charge is -2.11. The van der Waals surface area contributed by atoms with Crippen molar-refractivity contribution < 1.29 is 15.0 Å². The summed E-state index contributed by atoms with van der Waals surface area (Å²) in [5.74, 6) is -0.532. The minimum atomic E-state index is -0.197. The van der Waals surface area contributed by atoms with Crippen molar-refractivity contribution in [3.05, 3.63) is 84.2 Å². The van der Waals surface area contributed by atoms with E-state index in [1.807, 2.05) is 36.4 Å². The monoisotopic (exact) mass is 385 g/mol. The van der Waals surface area contributed by atoms with Crippen molar-refractivity contribution >= 4 is 16.8 Å². The van der Waals surface area contributed by atoms with Gasteiger partial charge in [-0.15, -0.1) is 0 Å². The zero-order valence-electron chi connectivity index (χ0n) is 15.5. The SMILES string of the molecule is O=C(NCCc1ccc(O)c(O)c1)c1cc(-c2cccnc2)nc2ccccc12. The van der Waals surface area contributed by atoms with Crippen molar-refractivity contribution in [2.45, 2.75) is 6.42 Å². The molecule has 0 aliphatic rings. The number of fused-ring (bicyclic) bond motifs is 1. The van der Waals surface area contributed by atoms with Gasteiger partial charge in [0.2, 0.25) is 0 Å². The summed E-state index contributed by atoms with van der Waals surface area (Å²) in [7, 11) is 0. The summed E-state index contributed by atoms with van der Waals surface area (Å²) in [6.45, 7) is 0.391. The van der Waals surface area contributed by atoms with Crippen LogP contribution in [-0.4, -0.2) is 32.6 Å². The first-order valence-corrected chi connectivity index (χ1v) is 9.21. The number of nitrogens with zero attached hydrogens (tertiary/aromatic N) is 2. The first-order chi connectivity index (χ1) is 14.1. The van der Waals surface area contributed by atoms with Crippen molar-refractivity contribution in [3.63, 3.8) is 0 Å². The maximum absolute atomic E-state index is 12.9. The van der Waals surface area contributed by atoms with E-state index in [1.165, 1.54) is 12.1 Å². The van der Waals surface area contributed by atoms with E-state index in [0.717, 1.165) is 22.0 Å². The van der Waals surface area contributed by atoms with Gasteiger partial charge in [-0.05, 0) is 48.4 Å². The number of pyridine rings is 2. The van der Waals surface area contributed by atoms with Gasteiger partial charge in [-0.3, -0.25) is 9.78 Å². The molecule has 144 valence electrons. The molecular formula is C23H19N3O3. The van der Waals surface area contributed by atoms with Crippen molar-refractivity contribution in [3.8, 4) is 22.8 Å². The number of phenols is 2. The Kier molecular flexibility index (Phi) is 5.07. The van der Waals surface area contributed by atoms with Crippen LogP contribution in [0.2, 0.25) is 0 Å². The molecule has 6 nitrogen and oxygen atoms in total. The molecule has 4 aromatic rings. The summed E-state index contributed by atoms with van der Waals surface area (Å²) >= 11 is 0. The molecule has 2 aromatic carbocycles. The Morgan fingerprint density at radius 3 is 2.62 bits per heavy atom. The zero-order valence-corrected chi connectivity index (χ0v) is 15.5. The number of phenolic OH excluding ortho intramolecular Hbond substituents is 2. The van der Waals surface area contributed by atoms with Crippen LogP contribution in [0.5, 0.6) is 11.5 Å². The maximum atomic E-state index is 12.9. The second kappa shape index (κ2) is 7.98. The maximum Gasteiger partial charge on any atom is 0.252 e. The Morgan fingerprint density at radius 1 is 0.966 bits per heavy atom. The minimum absolute atomic E-state index is 0.163. The van der Waals surface area contributed by atoms with Crippen LogP contribution in [0, 0.1) is 0 Å². The smallest absolute Gasteiger partial charge is 0.252 e. The number of para-hydroxylation sites is 1. The van der Waals surface area contributed by atoms with Crippen LogP contribution in [0.1, 0.15) is 15.9 Å². The fraction of sp³-hybridized carbons (Fsp3) is 0.0870. The molecule has 0 saturated carbocycles. The molecule has 0 radical (unpaired) electrons. The van der Waals surface area contributed by atoms with Crippen LogP contribution < -0.4 is 5.32 Å². The molecule has 0 aliphatic carbocycles. The molecule has 0 fully saturated rings. The van der Waals surface area contributed by atoms with E-state index in [2.05, 4.69) is 15.3 Å². The van der Waals surface area contributed by atoms with Gasteiger partial charge in [0.15, 0.2) is 11.5 Å². The van der Waals surface area contributed by atoms with Crippen LogP contribution in [0.4, 0.5) is 0 Å². The number of nitrogens with one attached hydrogen (secondary N) is 1. The largest absolute Gasteiger partial charge is 0.504 e. The third-order valence-corrected chi connectivity index (χ3v) is 4.66. The van der Waals surface area contributed by atoms with E-state index in [1.54, 1.807) is 24.5 Å². The van der Waals surface area contributed by atoms with Gasteiger partial charge in [-0.1, -0.05) is 24.3 Å². The van der Waals surface area contributed by atoms with E-state index in [4.69, 9.17) is 0 Å². The van der Waals surface area contributed by atoms with Gasteiger partial charge in [0.1, 0.15) is 0 Å². The van der Waals surface area contributed by atoms with E-state index >= 15 is 0 Å². The topological polar surface area (TPSA) is 95.3 Å². The summed E-state index contributed by atoms with van der Waals surface area (Å²) in [6.07, 6.45) is 3.94. The normalized spacial score (nSPS) is 10.8. The first-order valence-electron chi connectivity index (χ1n) is 9.21. The highest BCUT2D eigenvalue weighted by Crippen LogP contribution is 2.26. The highest BCUT2D eigenvalue weighted by Gasteiger charge is 2.14. The standard InChI is InChI=1S/C23H19N3O3/c27-21-8-7-15(12-22(21)28)9-11-25-23(29)18-13-20(16-4-3-10-24-14-16)26-19-6-2-1-5-17(18)19/h1-8,10,12-14,27-28H,9,11H2,(H,25,29). The first kappa shape index (κ1) is 18.4. The summed E-state index contributed by atoms with van der Waals surface area (Å²) in [5.41, 5.74) is 3.62. The van der Waals surface area contributed by atoms with Gasteiger partial charge in [0.05, 0.1) is 16.8 Å². The van der Waals surface area contributed by atoms with Crippen molar-refractivity contribution in [2.75, 3.05) is 6.54 Å². The minimum Gasteiger partial charge on any atom is -0.504 e. The van der Waals surface area contributed by atoms with Gasteiger partial charge in [0.25, 0.3) is 5.91 Å². The highest BCUT2D eigenvalue weighted by atomic mass is 16.3. The van der Waals surface area contributed by atoms with Crippen LogP contribution >= 0.6 is 0 Å². The van der Waals surface area contributed by atoms with Crippen LogP contribution in [0.15, 0.2) is 73.1 Å². The van der Waals surface area contributed by atoms with E-state index in [0.29, 0.717) is 24.2 Å². The number of aromatic nitrogens is 2. The Bertz CT molecular complexity index is 1180. The third kappa shape index (κ3) is 4.01. The Hall–Kier alpha value is -3.93. The van der Waals surface area contributed by atoms with Crippen molar-refractivity contribution in [1.29, 1.82) is 0 Å². The molecule has 0 bridgehead atoms. The highest BCUT2D eigenvalue weighted by molar-refractivity contribution is 6.07. The van der Waals surface area contributed by atoms with Crippen molar-refractivity contribution in [1.82, 2.24) is 15.3 Å². The Morgan fingerprint density at radius 2 is 1.83 bits per heavy atom. The predicted molar refractivity (Wildman–Crippen MR) is 111 cm³/mol. The molecule has 0 saturated heterocycles. The van der Waals surface area contributed by atoms with Gasteiger partial charge in [-0.25, -0.2) is 4.98 Å². The number of amides is 1. The second-order valence-electron chi connectivity index (χ2n) is 6.64. The lowest BCUT2D eigenvalue weighted by atomic mass is 10.0. The van der Waals surface area contributed by atoms with Crippen LogP contribution in [0.3, 0.4) is 0 Å². The molecule has 0 atom stereocenters. The summed E-state index contributed by atoms with van der Waals surface area (Å²) in [5, 5.41) is 22.7. The molecule has 2 aromatic heterocycles. The average molecular weight is 385 g/mol. The molecule has 0 aliphatic heterocycles. The second-order valence-corrected chi connectivity index (χ2v) is 6.64. The van der Waals surface area contributed by atoms with E-state index in [-0.39, 0.29) is 17.4 Å². The molecule has 3 N–H and O–H groups in total. The van der Waals surface area contributed by atoms with Gasteiger partial charge >= 0.3 is 0 Å². The molecule has 0 unspecified atom stereocenters. The fourth-order valence-corrected chi connectivity index (χ4v) is 3.17. The number of hydrogen-bond acceptors (Lipinski definition) is 5. The molecule has 6 heteroatoms. The lowest BCUT2D eigenvalue weighted by molar-refractivity contribution is 0.0955. The van der Waals surface area contributed by atoms with Crippen LogP contribution in [0.25, 0.3) is 22.2 Å². The average Bonchev–Trinajstić information content (AvgIpc) is 2.76. The Labute approximate surface area is 167 Å². The number of carbonyl (C=O) groups is 1. The summed E-state index contributed by atoms with van der Waals surface area (Å²) in [6, 6.07) is 17.7. The van der Waals surface area contributed by atoms with Gasteiger partial charge < -0.3 is 15.5 Å². The Balaban J connectivity index is 1.58. The van der Waals surface area contributed by atoms with E-state index in [9.17, 15) is 15.0 Å². The molecular weight excluding hydrogens is 366 g/mol.